The average molecular weight is 730 g/mol. The van der Waals surface area contributed by atoms with Crippen molar-refractivity contribution in [3.8, 4) is 39.1 Å². The molecule has 0 N–H and O–H groups in total. The molecule has 0 amide bonds. The summed E-state index contributed by atoms with van der Waals surface area (Å²) in [7, 11) is 0. The Labute approximate surface area is 332 Å². The normalized spacial score (nSPS) is 12.9. The highest BCUT2D eigenvalue weighted by atomic mass is 15.1. The Hall–Kier alpha value is -7.23. The molecule has 0 fully saturated rings. The van der Waals surface area contributed by atoms with Gasteiger partial charge in [0.2, 0.25) is 0 Å². The van der Waals surface area contributed by atoms with E-state index in [1.54, 1.807) is 0 Å². The second-order valence-corrected chi connectivity index (χ2v) is 15.7. The topological polar surface area (TPSA) is 21.1 Å². The molecule has 2 aromatic heterocycles. The molecule has 57 heavy (non-hydrogen) atoms. The van der Waals surface area contributed by atoms with Crippen molar-refractivity contribution in [2.24, 2.45) is 0 Å². The molecule has 3 nitrogen and oxygen atoms in total. The standard InChI is InChI=1S/C54H39N3/c1-54(2)50-19-7-5-16-46(50)47-30-29-43(34-51(47)54)56(41-27-23-38(24-28-41)45-18-10-12-37-11-3-4-15-44(37)45)40-25-21-36(22-26-40)39-13-9-14-42(33-39)57-52-20-8-6-17-48(52)49-31-32-55-35-53(49)57/h3-35H,1-2H3. The third kappa shape index (κ3) is 5.31. The number of para-hydroxylation sites is 1. The summed E-state index contributed by atoms with van der Waals surface area (Å²) in [5.41, 5.74) is 16.8. The van der Waals surface area contributed by atoms with Gasteiger partial charge in [0.25, 0.3) is 0 Å². The summed E-state index contributed by atoms with van der Waals surface area (Å²) in [5, 5.41) is 4.95. The van der Waals surface area contributed by atoms with Gasteiger partial charge in [0.05, 0.1) is 17.2 Å². The lowest BCUT2D eigenvalue weighted by molar-refractivity contribution is 0.660. The van der Waals surface area contributed by atoms with E-state index >= 15 is 0 Å². The van der Waals surface area contributed by atoms with E-state index in [0.717, 1.165) is 39.4 Å². The smallest absolute Gasteiger partial charge is 0.0724 e. The molecule has 0 saturated heterocycles. The van der Waals surface area contributed by atoms with Crippen LogP contribution in [0, 0.1) is 0 Å². The van der Waals surface area contributed by atoms with Crippen molar-refractivity contribution < 1.29 is 0 Å². The van der Waals surface area contributed by atoms with Crippen LogP contribution in [-0.4, -0.2) is 9.55 Å². The van der Waals surface area contributed by atoms with Crippen LogP contribution in [0.2, 0.25) is 0 Å². The monoisotopic (exact) mass is 729 g/mol. The van der Waals surface area contributed by atoms with Gasteiger partial charge in [-0.05, 0) is 116 Å². The van der Waals surface area contributed by atoms with Gasteiger partial charge in [-0.15, -0.1) is 0 Å². The average Bonchev–Trinajstić information content (AvgIpc) is 3.72. The van der Waals surface area contributed by atoms with Crippen LogP contribution in [0.4, 0.5) is 17.1 Å². The molecule has 0 bridgehead atoms. The Kier molecular flexibility index (Phi) is 7.52. The van der Waals surface area contributed by atoms with Gasteiger partial charge in [-0.3, -0.25) is 4.98 Å². The Morgan fingerprint density at radius 1 is 0.439 bits per heavy atom. The van der Waals surface area contributed by atoms with Crippen molar-refractivity contribution in [3.63, 3.8) is 0 Å². The first-order valence-electron chi connectivity index (χ1n) is 19.7. The van der Waals surface area contributed by atoms with Gasteiger partial charge in [0.15, 0.2) is 0 Å². The van der Waals surface area contributed by atoms with E-state index in [0.29, 0.717) is 0 Å². The van der Waals surface area contributed by atoms with Gasteiger partial charge in [0, 0.05) is 45.1 Å². The molecular formula is C54H39N3. The molecule has 270 valence electrons. The molecule has 0 spiro atoms. The summed E-state index contributed by atoms with van der Waals surface area (Å²) >= 11 is 0. The maximum absolute atomic E-state index is 4.50. The lowest BCUT2D eigenvalue weighted by Gasteiger charge is -2.28. The number of benzene rings is 8. The van der Waals surface area contributed by atoms with Crippen LogP contribution < -0.4 is 4.90 Å². The van der Waals surface area contributed by atoms with E-state index in [1.807, 2.05) is 12.4 Å². The number of fused-ring (bicyclic) bond motifs is 7. The lowest BCUT2D eigenvalue weighted by atomic mass is 9.82. The van der Waals surface area contributed by atoms with Crippen LogP contribution in [0.3, 0.4) is 0 Å². The highest BCUT2D eigenvalue weighted by Crippen LogP contribution is 2.50. The molecule has 0 radical (unpaired) electrons. The first kappa shape index (κ1) is 33.1. The van der Waals surface area contributed by atoms with E-state index in [4.69, 9.17) is 0 Å². The third-order valence-corrected chi connectivity index (χ3v) is 12.1. The quantitative estimate of drug-likeness (QED) is 0.170. The molecule has 2 heterocycles. The molecule has 3 heteroatoms. The fourth-order valence-corrected chi connectivity index (χ4v) is 9.27. The van der Waals surface area contributed by atoms with Crippen molar-refractivity contribution in [1.82, 2.24) is 9.55 Å². The molecule has 1 aliphatic carbocycles. The molecule has 11 rings (SSSR count). The summed E-state index contributed by atoms with van der Waals surface area (Å²) in [5.74, 6) is 0. The van der Waals surface area contributed by atoms with E-state index in [2.05, 4.69) is 216 Å². The van der Waals surface area contributed by atoms with E-state index in [1.165, 1.54) is 60.4 Å². The molecule has 10 aromatic rings. The van der Waals surface area contributed by atoms with Crippen LogP contribution >= 0.6 is 0 Å². The van der Waals surface area contributed by atoms with Crippen LogP contribution in [0.5, 0.6) is 0 Å². The zero-order valence-corrected chi connectivity index (χ0v) is 31.9. The SMILES string of the molecule is CC1(C)c2ccccc2-c2ccc(N(c3ccc(-c4cccc(-n5c6ccccc6c6ccncc65)c4)cc3)c3ccc(-c4cccc5ccccc45)cc3)cc21. The number of aromatic nitrogens is 2. The van der Waals surface area contributed by atoms with E-state index in [-0.39, 0.29) is 5.41 Å². The second-order valence-electron chi connectivity index (χ2n) is 15.7. The Morgan fingerprint density at radius 2 is 1.07 bits per heavy atom. The highest BCUT2D eigenvalue weighted by molar-refractivity contribution is 6.09. The molecule has 8 aromatic carbocycles. The Morgan fingerprint density at radius 3 is 1.91 bits per heavy atom. The van der Waals surface area contributed by atoms with Gasteiger partial charge >= 0.3 is 0 Å². The fraction of sp³-hybridized carbons (Fsp3) is 0.0556. The van der Waals surface area contributed by atoms with Crippen LogP contribution in [-0.2, 0) is 5.41 Å². The van der Waals surface area contributed by atoms with Crippen molar-refractivity contribution in [1.29, 1.82) is 0 Å². The predicted molar refractivity (Wildman–Crippen MR) is 239 cm³/mol. The van der Waals surface area contributed by atoms with Gasteiger partial charge in [-0.1, -0.05) is 141 Å². The first-order chi connectivity index (χ1) is 28.0. The summed E-state index contributed by atoms with van der Waals surface area (Å²) in [4.78, 5) is 6.90. The van der Waals surface area contributed by atoms with E-state index < -0.39 is 0 Å². The molecule has 0 unspecified atom stereocenters. The number of hydrogen-bond donors (Lipinski definition) is 0. The van der Waals surface area contributed by atoms with Crippen molar-refractivity contribution in [2.75, 3.05) is 4.90 Å². The predicted octanol–water partition coefficient (Wildman–Crippen LogP) is 14.4. The number of nitrogens with zero attached hydrogens (tertiary/aromatic N) is 3. The summed E-state index contributed by atoms with van der Waals surface area (Å²) in [6.45, 7) is 4.70. The minimum atomic E-state index is -0.104. The van der Waals surface area contributed by atoms with Crippen molar-refractivity contribution in [2.45, 2.75) is 19.3 Å². The van der Waals surface area contributed by atoms with Gasteiger partial charge in [-0.2, -0.15) is 0 Å². The Balaban J connectivity index is 1.01. The second kappa shape index (κ2) is 12.9. The van der Waals surface area contributed by atoms with Crippen molar-refractivity contribution in [3.05, 3.63) is 212 Å². The summed E-state index contributed by atoms with van der Waals surface area (Å²) in [6.07, 6.45) is 3.85. The molecule has 1 aliphatic rings. The van der Waals surface area contributed by atoms with Gasteiger partial charge in [-0.25, -0.2) is 0 Å². The van der Waals surface area contributed by atoms with Crippen LogP contribution in [0.25, 0.3) is 71.6 Å². The van der Waals surface area contributed by atoms with Crippen LogP contribution in [0.1, 0.15) is 25.0 Å². The highest BCUT2D eigenvalue weighted by Gasteiger charge is 2.35. The summed E-state index contributed by atoms with van der Waals surface area (Å²) < 4.78 is 2.33. The maximum Gasteiger partial charge on any atom is 0.0724 e. The zero-order valence-electron chi connectivity index (χ0n) is 31.9. The lowest BCUT2D eigenvalue weighted by Crippen LogP contribution is -2.16. The largest absolute Gasteiger partial charge is 0.310 e. The van der Waals surface area contributed by atoms with Gasteiger partial charge in [0.1, 0.15) is 0 Å². The third-order valence-electron chi connectivity index (χ3n) is 12.1. The number of rotatable bonds is 6. The molecule has 0 saturated carbocycles. The summed E-state index contributed by atoms with van der Waals surface area (Å²) in [6, 6.07) is 68.7. The molecule has 0 aliphatic heterocycles. The minimum Gasteiger partial charge on any atom is -0.310 e. The fourth-order valence-electron chi connectivity index (χ4n) is 9.27. The first-order valence-corrected chi connectivity index (χ1v) is 19.7. The van der Waals surface area contributed by atoms with Crippen molar-refractivity contribution >= 4 is 49.6 Å². The minimum absolute atomic E-state index is 0.104. The van der Waals surface area contributed by atoms with Gasteiger partial charge < -0.3 is 9.47 Å². The molecular weight excluding hydrogens is 691 g/mol. The number of hydrogen-bond acceptors (Lipinski definition) is 2. The maximum atomic E-state index is 4.50. The number of anilines is 3. The molecule has 0 atom stereocenters. The Bertz CT molecular complexity index is 3090. The number of pyridine rings is 1. The zero-order chi connectivity index (χ0) is 38.1. The van der Waals surface area contributed by atoms with Crippen LogP contribution in [0.15, 0.2) is 200 Å². The van der Waals surface area contributed by atoms with E-state index in [9.17, 15) is 0 Å².